The quantitative estimate of drug-likeness (QED) is 0.696. The van der Waals surface area contributed by atoms with Crippen LogP contribution >= 0.6 is 0 Å². The van der Waals surface area contributed by atoms with Crippen molar-refractivity contribution in [2.75, 3.05) is 24.5 Å². The van der Waals surface area contributed by atoms with Gasteiger partial charge in [0.15, 0.2) is 0 Å². The maximum atomic E-state index is 13.6. The number of rotatable bonds is 4. The number of pyridine rings is 2. The van der Waals surface area contributed by atoms with Crippen molar-refractivity contribution >= 4 is 5.69 Å². The zero-order valence-electron chi connectivity index (χ0n) is 15.8. The van der Waals surface area contributed by atoms with Gasteiger partial charge in [-0.25, -0.2) is 4.39 Å². The standard InChI is InChI=1S/C23H23FN4/c24-20-6-1-4-18(12-20)14-27-11-8-23(16-27)17-28(15-19-5-2-9-25-13-19)21-7-3-10-26-22(21)23/h1-7,9-10,12-13H,8,11,14-17H2. The molecule has 2 aliphatic heterocycles. The van der Waals surface area contributed by atoms with Gasteiger partial charge in [-0.3, -0.25) is 14.9 Å². The fourth-order valence-electron chi connectivity index (χ4n) is 4.75. The maximum absolute atomic E-state index is 13.6. The molecule has 4 nitrogen and oxygen atoms in total. The minimum atomic E-state index is -0.165. The summed E-state index contributed by atoms with van der Waals surface area (Å²) in [6.07, 6.45) is 6.73. The number of halogens is 1. The van der Waals surface area contributed by atoms with Crippen molar-refractivity contribution in [3.63, 3.8) is 0 Å². The largest absolute Gasteiger partial charge is 0.365 e. The normalized spacial score (nSPS) is 21.4. The zero-order valence-corrected chi connectivity index (χ0v) is 15.8. The zero-order chi connectivity index (χ0) is 19.0. The molecule has 2 aromatic heterocycles. The molecule has 0 saturated carbocycles. The second-order valence-electron chi connectivity index (χ2n) is 7.96. The van der Waals surface area contributed by atoms with Crippen LogP contribution < -0.4 is 4.90 Å². The predicted octanol–water partition coefficient (Wildman–Crippen LogP) is 3.78. The highest BCUT2D eigenvalue weighted by Gasteiger charge is 2.48. The molecule has 0 bridgehead atoms. The molecule has 142 valence electrons. The average Bonchev–Trinajstić information content (AvgIpc) is 3.25. The Kier molecular flexibility index (Phi) is 4.32. The molecule has 1 aromatic carbocycles. The van der Waals surface area contributed by atoms with E-state index in [1.165, 1.54) is 23.0 Å². The molecule has 0 N–H and O–H groups in total. The van der Waals surface area contributed by atoms with Gasteiger partial charge in [0.2, 0.25) is 0 Å². The van der Waals surface area contributed by atoms with Gasteiger partial charge in [-0.05, 0) is 54.4 Å². The Hall–Kier alpha value is -2.79. The van der Waals surface area contributed by atoms with Crippen LogP contribution in [0.15, 0.2) is 67.1 Å². The van der Waals surface area contributed by atoms with E-state index in [9.17, 15) is 4.39 Å². The third-order valence-corrected chi connectivity index (χ3v) is 5.95. The number of nitrogens with zero attached hydrogens (tertiary/aromatic N) is 4. The van der Waals surface area contributed by atoms with Gasteiger partial charge in [0, 0.05) is 50.2 Å². The summed E-state index contributed by atoms with van der Waals surface area (Å²) in [7, 11) is 0. The van der Waals surface area contributed by atoms with Crippen LogP contribution in [0.1, 0.15) is 23.2 Å². The van der Waals surface area contributed by atoms with E-state index in [4.69, 9.17) is 4.98 Å². The first kappa shape index (κ1) is 17.3. The monoisotopic (exact) mass is 374 g/mol. The van der Waals surface area contributed by atoms with Crippen LogP contribution in [-0.2, 0) is 18.5 Å². The van der Waals surface area contributed by atoms with Gasteiger partial charge in [-0.2, -0.15) is 0 Å². The van der Waals surface area contributed by atoms with Crippen LogP contribution in [0.3, 0.4) is 0 Å². The van der Waals surface area contributed by atoms with Gasteiger partial charge < -0.3 is 4.90 Å². The van der Waals surface area contributed by atoms with Gasteiger partial charge in [0.25, 0.3) is 0 Å². The number of hydrogen-bond donors (Lipinski definition) is 0. The molecule has 5 heteroatoms. The van der Waals surface area contributed by atoms with Crippen LogP contribution in [0.25, 0.3) is 0 Å². The number of fused-ring (bicyclic) bond motifs is 2. The summed E-state index contributed by atoms with van der Waals surface area (Å²) in [5.74, 6) is -0.165. The van der Waals surface area contributed by atoms with Gasteiger partial charge in [-0.15, -0.1) is 0 Å². The molecular formula is C23H23FN4. The van der Waals surface area contributed by atoms with Crippen molar-refractivity contribution in [2.45, 2.75) is 24.9 Å². The second kappa shape index (κ2) is 6.99. The second-order valence-corrected chi connectivity index (χ2v) is 7.96. The average molecular weight is 374 g/mol. The van der Waals surface area contributed by atoms with E-state index in [-0.39, 0.29) is 11.2 Å². The number of anilines is 1. The fraction of sp³-hybridized carbons (Fsp3) is 0.304. The number of likely N-dealkylation sites (tertiary alicyclic amines) is 1. The highest BCUT2D eigenvalue weighted by atomic mass is 19.1. The fourth-order valence-corrected chi connectivity index (χ4v) is 4.75. The summed E-state index contributed by atoms with van der Waals surface area (Å²) < 4.78 is 13.6. The first-order chi connectivity index (χ1) is 13.7. The molecule has 4 heterocycles. The molecule has 0 radical (unpaired) electrons. The van der Waals surface area contributed by atoms with Crippen LogP contribution in [-0.4, -0.2) is 34.5 Å². The van der Waals surface area contributed by atoms with E-state index in [1.54, 1.807) is 12.1 Å². The molecule has 1 spiro atoms. The lowest BCUT2D eigenvalue weighted by Gasteiger charge is -2.26. The van der Waals surface area contributed by atoms with Crippen molar-refractivity contribution in [2.24, 2.45) is 0 Å². The molecule has 3 aromatic rings. The van der Waals surface area contributed by atoms with Crippen LogP contribution in [0.5, 0.6) is 0 Å². The Morgan fingerprint density at radius 3 is 2.71 bits per heavy atom. The molecule has 1 saturated heterocycles. The minimum absolute atomic E-state index is 0.0477. The molecule has 1 fully saturated rings. The SMILES string of the molecule is Fc1cccc(CN2CCC3(C2)CN(Cc2cccnc2)c2cccnc23)c1. The van der Waals surface area contributed by atoms with E-state index in [0.717, 1.165) is 44.7 Å². The molecule has 0 aliphatic carbocycles. The third-order valence-electron chi connectivity index (χ3n) is 5.95. The molecule has 5 rings (SSSR count). The number of aromatic nitrogens is 2. The molecule has 0 amide bonds. The number of benzene rings is 1. The van der Waals surface area contributed by atoms with E-state index in [1.807, 2.05) is 36.8 Å². The predicted molar refractivity (Wildman–Crippen MR) is 107 cm³/mol. The van der Waals surface area contributed by atoms with Crippen LogP contribution in [0.4, 0.5) is 10.1 Å². The Labute approximate surface area is 164 Å². The molecule has 1 atom stereocenters. The third kappa shape index (κ3) is 3.16. The van der Waals surface area contributed by atoms with Gasteiger partial charge in [-0.1, -0.05) is 18.2 Å². The molecule has 2 aliphatic rings. The topological polar surface area (TPSA) is 32.3 Å². The van der Waals surface area contributed by atoms with E-state index < -0.39 is 0 Å². The maximum Gasteiger partial charge on any atom is 0.123 e. The summed E-state index contributed by atoms with van der Waals surface area (Å²) in [6.45, 7) is 4.56. The van der Waals surface area contributed by atoms with Gasteiger partial charge >= 0.3 is 0 Å². The first-order valence-electron chi connectivity index (χ1n) is 9.78. The lowest BCUT2D eigenvalue weighted by Crippen LogP contribution is -2.36. The highest BCUT2D eigenvalue weighted by Crippen LogP contribution is 2.45. The minimum Gasteiger partial charge on any atom is -0.365 e. The Balaban J connectivity index is 1.38. The Bertz CT molecular complexity index is 977. The number of hydrogen-bond acceptors (Lipinski definition) is 4. The van der Waals surface area contributed by atoms with Crippen LogP contribution in [0, 0.1) is 5.82 Å². The van der Waals surface area contributed by atoms with Crippen molar-refractivity contribution < 1.29 is 4.39 Å². The smallest absolute Gasteiger partial charge is 0.123 e. The van der Waals surface area contributed by atoms with Crippen molar-refractivity contribution in [3.05, 3.63) is 89.8 Å². The lowest BCUT2D eigenvalue weighted by molar-refractivity contribution is 0.305. The summed E-state index contributed by atoms with van der Waals surface area (Å²) in [5.41, 5.74) is 4.73. The molecule has 28 heavy (non-hydrogen) atoms. The van der Waals surface area contributed by atoms with Gasteiger partial charge in [0.1, 0.15) is 5.82 Å². The summed E-state index contributed by atoms with van der Waals surface area (Å²) >= 11 is 0. The van der Waals surface area contributed by atoms with E-state index in [0.29, 0.717) is 0 Å². The van der Waals surface area contributed by atoms with Crippen molar-refractivity contribution in [1.29, 1.82) is 0 Å². The highest BCUT2D eigenvalue weighted by molar-refractivity contribution is 5.60. The Morgan fingerprint density at radius 2 is 1.86 bits per heavy atom. The summed E-state index contributed by atoms with van der Waals surface area (Å²) in [5, 5.41) is 0. The molecule has 1 unspecified atom stereocenters. The lowest BCUT2D eigenvalue weighted by atomic mass is 9.85. The summed E-state index contributed by atoms with van der Waals surface area (Å²) in [6, 6.07) is 15.3. The van der Waals surface area contributed by atoms with Crippen molar-refractivity contribution in [1.82, 2.24) is 14.9 Å². The first-order valence-corrected chi connectivity index (χ1v) is 9.78. The van der Waals surface area contributed by atoms with Crippen molar-refractivity contribution in [3.8, 4) is 0 Å². The summed E-state index contributed by atoms with van der Waals surface area (Å²) in [4.78, 5) is 13.9. The van der Waals surface area contributed by atoms with Crippen LogP contribution in [0.2, 0.25) is 0 Å². The van der Waals surface area contributed by atoms with E-state index in [2.05, 4.69) is 26.9 Å². The van der Waals surface area contributed by atoms with Gasteiger partial charge in [0.05, 0.1) is 11.4 Å². The Morgan fingerprint density at radius 1 is 0.964 bits per heavy atom. The molecular weight excluding hydrogens is 351 g/mol. The van der Waals surface area contributed by atoms with E-state index >= 15 is 0 Å².